The molecule has 0 bridgehead atoms. The minimum atomic E-state index is -0.641. The van der Waals surface area contributed by atoms with Gasteiger partial charge in [-0.2, -0.15) is 0 Å². The average Bonchev–Trinajstić information content (AvgIpc) is 2.32. The topological polar surface area (TPSA) is 68.2 Å². The molecule has 16 heavy (non-hydrogen) atoms. The smallest absolute Gasteiger partial charge is 0.158 e. The molecule has 4 unspecified atom stereocenters. The highest BCUT2D eigenvalue weighted by atomic mass is 16.7. The molecule has 0 aromatic heterocycles. The molecule has 0 spiro atoms. The zero-order chi connectivity index (χ0) is 11.4. The second-order valence-electron chi connectivity index (χ2n) is 4.42. The van der Waals surface area contributed by atoms with Crippen LogP contribution in [0.4, 0.5) is 0 Å². The van der Waals surface area contributed by atoms with E-state index in [4.69, 9.17) is 19.3 Å². The maximum atomic E-state index is 9.17. The summed E-state index contributed by atoms with van der Waals surface area (Å²) in [7, 11) is 0. The first-order chi connectivity index (χ1) is 7.78. The average molecular weight is 232 g/mol. The molecule has 2 aliphatic heterocycles. The van der Waals surface area contributed by atoms with Gasteiger partial charge in [0.2, 0.25) is 0 Å². The Hall–Kier alpha value is -0.200. The van der Waals surface area contributed by atoms with E-state index in [9.17, 15) is 5.11 Å². The Morgan fingerprint density at radius 2 is 2.06 bits per heavy atom. The van der Waals surface area contributed by atoms with Crippen molar-refractivity contribution >= 4 is 0 Å². The van der Waals surface area contributed by atoms with Crippen molar-refractivity contribution in [3.8, 4) is 0 Å². The maximum Gasteiger partial charge on any atom is 0.158 e. The Bertz CT molecular complexity index is 203. The van der Waals surface area contributed by atoms with Crippen molar-refractivity contribution < 1.29 is 24.4 Å². The Labute approximate surface area is 95.3 Å². The third-order valence-electron chi connectivity index (χ3n) is 3.07. The van der Waals surface area contributed by atoms with Crippen molar-refractivity contribution in [3.05, 3.63) is 0 Å². The van der Waals surface area contributed by atoms with E-state index in [1.165, 1.54) is 0 Å². The molecule has 2 N–H and O–H groups in total. The van der Waals surface area contributed by atoms with E-state index in [2.05, 4.69) is 0 Å². The van der Waals surface area contributed by atoms with Crippen molar-refractivity contribution in [3.63, 3.8) is 0 Å². The molecule has 0 aromatic rings. The van der Waals surface area contributed by atoms with Gasteiger partial charge in [-0.05, 0) is 25.7 Å². The highest BCUT2D eigenvalue weighted by Crippen LogP contribution is 2.23. The number of aliphatic hydroxyl groups is 2. The van der Waals surface area contributed by atoms with Crippen LogP contribution in [0.3, 0.4) is 0 Å². The lowest BCUT2D eigenvalue weighted by Crippen LogP contribution is -2.38. The van der Waals surface area contributed by atoms with Crippen molar-refractivity contribution in [2.45, 2.75) is 56.9 Å². The van der Waals surface area contributed by atoms with Crippen LogP contribution in [-0.2, 0) is 14.2 Å². The van der Waals surface area contributed by atoms with Crippen LogP contribution in [0.25, 0.3) is 0 Å². The molecule has 2 fully saturated rings. The van der Waals surface area contributed by atoms with Crippen LogP contribution in [0.1, 0.15) is 32.1 Å². The number of aliphatic hydroxyl groups excluding tert-OH is 2. The van der Waals surface area contributed by atoms with Crippen molar-refractivity contribution in [1.29, 1.82) is 0 Å². The second kappa shape index (κ2) is 5.93. The van der Waals surface area contributed by atoms with E-state index in [1.54, 1.807) is 0 Å². The molecule has 5 nitrogen and oxygen atoms in total. The maximum absolute atomic E-state index is 9.17. The summed E-state index contributed by atoms with van der Waals surface area (Å²) >= 11 is 0. The fourth-order valence-corrected chi connectivity index (χ4v) is 2.13. The van der Waals surface area contributed by atoms with Crippen LogP contribution in [0, 0.1) is 0 Å². The van der Waals surface area contributed by atoms with Gasteiger partial charge in [0.1, 0.15) is 0 Å². The molecule has 2 saturated heterocycles. The summed E-state index contributed by atoms with van der Waals surface area (Å²) in [4.78, 5) is 0. The van der Waals surface area contributed by atoms with Crippen molar-refractivity contribution in [2.75, 3.05) is 13.2 Å². The molecular formula is C11H20O5. The first kappa shape index (κ1) is 12.3. The Balaban J connectivity index is 1.72. The van der Waals surface area contributed by atoms with Crippen LogP contribution in [0.5, 0.6) is 0 Å². The molecule has 0 radical (unpaired) electrons. The van der Waals surface area contributed by atoms with Gasteiger partial charge in [-0.25, -0.2) is 0 Å². The summed E-state index contributed by atoms with van der Waals surface area (Å²) in [6.07, 6.45) is 3.25. The monoisotopic (exact) mass is 232 g/mol. The Morgan fingerprint density at radius 3 is 2.75 bits per heavy atom. The number of hydrogen-bond donors (Lipinski definition) is 2. The van der Waals surface area contributed by atoms with Gasteiger partial charge < -0.3 is 24.4 Å². The van der Waals surface area contributed by atoms with E-state index in [1.807, 2.05) is 0 Å². The van der Waals surface area contributed by atoms with Gasteiger partial charge >= 0.3 is 0 Å². The van der Waals surface area contributed by atoms with Crippen LogP contribution in [-0.4, -0.2) is 48.2 Å². The van der Waals surface area contributed by atoms with Crippen LogP contribution < -0.4 is 0 Å². The van der Waals surface area contributed by atoms with Gasteiger partial charge in [0.05, 0.1) is 25.4 Å². The largest absolute Gasteiger partial charge is 0.394 e. The third-order valence-corrected chi connectivity index (χ3v) is 3.07. The van der Waals surface area contributed by atoms with Crippen molar-refractivity contribution in [2.24, 2.45) is 0 Å². The van der Waals surface area contributed by atoms with Crippen LogP contribution in [0.15, 0.2) is 0 Å². The SMILES string of the molecule is OCC1CCCC(OC2CCC(O)OC2)O1. The zero-order valence-corrected chi connectivity index (χ0v) is 9.38. The second-order valence-corrected chi connectivity index (χ2v) is 4.42. The van der Waals surface area contributed by atoms with Crippen LogP contribution >= 0.6 is 0 Å². The van der Waals surface area contributed by atoms with Gasteiger partial charge in [-0.3, -0.25) is 0 Å². The molecule has 0 aliphatic carbocycles. The molecule has 2 rings (SSSR count). The number of hydrogen-bond acceptors (Lipinski definition) is 5. The summed E-state index contributed by atoms with van der Waals surface area (Å²) in [5, 5.41) is 18.2. The lowest BCUT2D eigenvalue weighted by atomic mass is 10.1. The lowest BCUT2D eigenvalue weighted by molar-refractivity contribution is -0.250. The number of ether oxygens (including phenoxy) is 3. The van der Waals surface area contributed by atoms with E-state index in [0.29, 0.717) is 13.0 Å². The van der Waals surface area contributed by atoms with E-state index in [-0.39, 0.29) is 25.1 Å². The zero-order valence-electron chi connectivity index (χ0n) is 9.38. The van der Waals surface area contributed by atoms with Crippen LogP contribution in [0.2, 0.25) is 0 Å². The molecule has 0 aromatic carbocycles. The number of rotatable bonds is 3. The minimum absolute atomic E-state index is 0.00541. The molecule has 94 valence electrons. The fraction of sp³-hybridized carbons (Fsp3) is 1.00. The fourth-order valence-electron chi connectivity index (χ4n) is 2.13. The first-order valence-electron chi connectivity index (χ1n) is 5.99. The Kier molecular flexibility index (Phi) is 4.55. The summed E-state index contributed by atoms with van der Waals surface area (Å²) in [5.41, 5.74) is 0. The third kappa shape index (κ3) is 3.40. The van der Waals surface area contributed by atoms with E-state index in [0.717, 1.165) is 25.7 Å². The molecule has 4 atom stereocenters. The Morgan fingerprint density at radius 1 is 1.19 bits per heavy atom. The molecule has 5 heteroatoms. The molecular weight excluding hydrogens is 212 g/mol. The quantitative estimate of drug-likeness (QED) is 0.736. The van der Waals surface area contributed by atoms with Gasteiger partial charge in [0, 0.05) is 6.42 Å². The lowest BCUT2D eigenvalue weighted by Gasteiger charge is -2.33. The predicted molar refractivity (Wildman–Crippen MR) is 55.7 cm³/mol. The summed E-state index contributed by atoms with van der Waals surface area (Å²) < 4.78 is 16.4. The van der Waals surface area contributed by atoms with E-state index >= 15 is 0 Å². The van der Waals surface area contributed by atoms with Gasteiger partial charge in [0.25, 0.3) is 0 Å². The minimum Gasteiger partial charge on any atom is -0.394 e. The predicted octanol–water partition coefficient (Wildman–Crippen LogP) is 0.388. The van der Waals surface area contributed by atoms with Gasteiger partial charge in [0.15, 0.2) is 12.6 Å². The highest BCUT2D eigenvalue weighted by molar-refractivity contribution is 4.69. The summed E-state index contributed by atoms with van der Waals surface area (Å²) in [6, 6.07) is 0. The standard InChI is InChI=1S/C11H20O5/c12-6-8-2-1-3-11(15-8)16-9-4-5-10(13)14-7-9/h8-13H,1-7H2. The van der Waals surface area contributed by atoms with Gasteiger partial charge in [-0.1, -0.05) is 0 Å². The summed E-state index contributed by atoms with van der Waals surface area (Å²) in [6.45, 7) is 0.477. The molecule has 2 heterocycles. The normalized spacial score (nSPS) is 40.9. The first-order valence-corrected chi connectivity index (χ1v) is 5.99. The molecule has 2 aliphatic rings. The molecule has 0 saturated carbocycles. The van der Waals surface area contributed by atoms with E-state index < -0.39 is 6.29 Å². The van der Waals surface area contributed by atoms with Crippen molar-refractivity contribution in [1.82, 2.24) is 0 Å². The molecule has 0 amide bonds. The highest BCUT2D eigenvalue weighted by Gasteiger charge is 2.27. The summed E-state index contributed by atoms with van der Waals surface area (Å²) in [5.74, 6) is 0. The van der Waals surface area contributed by atoms with Gasteiger partial charge in [-0.15, -0.1) is 0 Å².